The van der Waals surface area contributed by atoms with Crippen molar-refractivity contribution in [2.45, 2.75) is 32.4 Å². The normalized spacial score (nSPS) is 14.3. The second kappa shape index (κ2) is 5.35. The fraction of sp³-hybridized carbons (Fsp3) is 0.462. The van der Waals surface area contributed by atoms with E-state index >= 15 is 0 Å². The Kier molecular flexibility index (Phi) is 4.29. The molecule has 0 aliphatic heterocycles. The van der Waals surface area contributed by atoms with Crippen LogP contribution in [0.1, 0.15) is 26.3 Å². The predicted octanol–water partition coefficient (Wildman–Crippen LogP) is 1.53. The third-order valence-electron chi connectivity index (χ3n) is 2.77. The zero-order valence-corrected chi connectivity index (χ0v) is 11.1. The summed E-state index contributed by atoms with van der Waals surface area (Å²) in [6, 6.07) is 4.36. The van der Waals surface area contributed by atoms with Gasteiger partial charge in [-0.2, -0.15) is 0 Å². The molecule has 4 nitrogen and oxygen atoms in total. The quantitative estimate of drug-likeness (QED) is 0.837. The number of nitrogens with one attached hydrogen (secondary N) is 1. The Bertz CT molecular complexity index is 449. The second-order valence-corrected chi connectivity index (χ2v) is 4.61. The Labute approximate surface area is 106 Å². The number of carbonyl (C=O) groups excluding carboxylic acids is 1. The molecule has 0 heterocycles. The fourth-order valence-electron chi connectivity index (χ4n) is 2.00. The van der Waals surface area contributed by atoms with E-state index in [1.807, 2.05) is 13.8 Å². The zero-order chi connectivity index (χ0) is 13.9. The average Bonchev–Trinajstić information content (AvgIpc) is 2.27. The van der Waals surface area contributed by atoms with Gasteiger partial charge >= 0.3 is 0 Å². The molecule has 0 saturated heterocycles. The van der Waals surface area contributed by atoms with Crippen molar-refractivity contribution in [1.29, 1.82) is 0 Å². The topological polar surface area (TPSA) is 64.3 Å². The van der Waals surface area contributed by atoms with Crippen LogP contribution >= 0.6 is 0 Å². The maximum Gasteiger partial charge on any atom is 0.242 e. The molecule has 0 fully saturated rings. The van der Waals surface area contributed by atoms with Crippen molar-refractivity contribution in [3.63, 3.8) is 0 Å². The first kappa shape index (κ1) is 14.4. The Balaban J connectivity index is 3.43. The third kappa shape index (κ3) is 2.61. The van der Waals surface area contributed by atoms with Gasteiger partial charge in [-0.1, -0.05) is 6.07 Å². The van der Waals surface area contributed by atoms with Gasteiger partial charge in [-0.3, -0.25) is 10.1 Å². The number of hydrogen-bond donors (Lipinski definition) is 2. The van der Waals surface area contributed by atoms with Gasteiger partial charge in [0.05, 0.1) is 12.7 Å². The predicted molar refractivity (Wildman–Crippen MR) is 67.8 cm³/mol. The lowest BCUT2D eigenvalue weighted by Gasteiger charge is -2.31. The molecule has 0 aliphatic carbocycles. The molecule has 0 bridgehead atoms. The van der Waals surface area contributed by atoms with E-state index in [0.717, 1.165) is 0 Å². The summed E-state index contributed by atoms with van der Waals surface area (Å²) in [5.74, 6) is -0.882. The molecule has 1 unspecified atom stereocenters. The van der Waals surface area contributed by atoms with Gasteiger partial charge in [0.15, 0.2) is 0 Å². The molecule has 1 rings (SSSR count). The molecular formula is C13H19FN2O2. The SMILES string of the molecule is COc1cccc(F)c1C(C)(NC(C)C)C(N)=O. The molecular weight excluding hydrogens is 235 g/mol. The van der Waals surface area contributed by atoms with Crippen molar-refractivity contribution >= 4 is 5.91 Å². The van der Waals surface area contributed by atoms with Gasteiger partial charge in [-0.25, -0.2) is 4.39 Å². The van der Waals surface area contributed by atoms with Gasteiger partial charge in [0.25, 0.3) is 0 Å². The summed E-state index contributed by atoms with van der Waals surface area (Å²) >= 11 is 0. The highest BCUT2D eigenvalue weighted by molar-refractivity contribution is 5.86. The first-order chi connectivity index (χ1) is 8.32. The third-order valence-corrected chi connectivity index (χ3v) is 2.77. The molecule has 0 saturated carbocycles. The van der Waals surface area contributed by atoms with Crippen molar-refractivity contribution in [2.24, 2.45) is 5.73 Å². The first-order valence-electron chi connectivity index (χ1n) is 5.73. The van der Waals surface area contributed by atoms with E-state index < -0.39 is 17.3 Å². The molecule has 0 aliphatic rings. The lowest BCUT2D eigenvalue weighted by atomic mass is 9.89. The van der Waals surface area contributed by atoms with Crippen LogP contribution in [0.2, 0.25) is 0 Å². The fourth-order valence-corrected chi connectivity index (χ4v) is 2.00. The van der Waals surface area contributed by atoms with Gasteiger partial charge in [0.2, 0.25) is 5.91 Å². The van der Waals surface area contributed by atoms with Gasteiger partial charge in [0.1, 0.15) is 17.1 Å². The molecule has 0 radical (unpaired) electrons. The number of carbonyl (C=O) groups is 1. The Hall–Kier alpha value is -1.62. The molecule has 18 heavy (non-hydrogen) atoms. The van der Waals surface area contributed by atoms with Crippen LogP contribution in [-0.4, -0.2) is 19.1 Å². The summed E-state index contributed by atoms with van der Waals surface area (Å²) in [5.41, 5.74) is 4.24. The van der Waals surface area contributed by atoms with Crippen LogP contribution in [0.4, 0.5) is 4.39 Å². The number of benzene rings is 1. The van der Waals surface area contributed by atoms with Crippen LogP contribution in [0.3, 0.4) is 0 Å². The summed E-state index contributed by atoms with van der Waals surface area (Å²) in [6.45, 7) is 5.26. The van der Waals surface area contributed by atoms with E-state index in [1.54, 1.807) is 13.0 Å². The standard InChI is InChI=1S/C13H19FN2O2/c1-8(2)16-13(3,12(15)17)11-9(14)6-5-7-10(11)18-4/h5-8,16H,1-4H3,(H2,15,17). The van der Waals surface area contributed by atoms with Crippen molar-refractivity contribution < 1.29 is 13.9 Å². The minimum absolute atomic E-state index is 0.0354. The molecule has 3 N–H and O–H groups in total. The average molecular weight is 254 g/mol. The van der Waals surface area contributed by atoms with Gasteiger partial charge in [-0.05, 0) is 32.9 Å². The number of primary amides is 1. The number of hydrogen-bond acceptors (Lipinski definition) is 3. The second-order valence-electron chi connectivity index (χ2n) is 4.61. The Morgan fingerprint density at radius 1 is 1.50 bits per heavy atom. The minimum Gasteiger partial charge on any atom is -0.496 e. The summed E-state index contributed by atoms with van der Waals surface area (Å²) in [7, 11) is 1.43. The number of nitrogens with two attached hydrogens (primary N) is 1. The molecule has 0 aromatic heterocycles. The summed E-state index contributed by atoms with van der Waals surface area (Å²) in [6.07, 6.45) is 0. The zero-order valence-electron chi connectivity index (χ0n) is 11.1. The van der Waals surface area contributed by atoms with E-state index in [0.29, 0.717) is 5.75 Å². The van der Waals surface area contributed by atoms with Crippen LogP contribution in [0.15, 0.2) is 18.2 Å². The van der Waals surface area contributed by atoms with Crippen LogP contribution in [-0.2, 0) is 10.3 Å². The Morgan fingerprint density at radius 3 is 2.56 bits per heavy atom. The molecule has 1 aromatic carbocycles. The highest BCUT2D eigenvalue weighted by Gasteiger charge is 2.38. The molecule has 1 atom stereocenters. The lowest BCUT2D eigenvalue weighted by Crippen LogP contribution is -2.53. The van der Waals surface area contributed by atoms with Gasteiger partial charge < -0.3 is 10.5 Å². The number of amides is 1. The van der Waals surface area contributed by atoms with Crippen molar-refractivity contribution in [1.82, 2.24) is 5.32 Å². The first-order valence-corrected chi connectivity index (χ1v) is 5.73. The van der Waals surface area contributed by atoms with Gasteiger partial charge in [-0.15, -0.1) is 0 Å². The number of rotatable bonds is 5. The molecule has 1 aromatic rings. The summed E-state index contributed by atoms with van der Waals surface area (Å²) in [4.78, 5) is 11.7. The van der Waals surface area contributed by atoms with E-state index in [9.17, 15) is 9.18 Å². The van der Waals surface area contributed by atoms with E-state index in [1.165, 1.54) is 19.2 Å². The van der Waals surface area contributed by atoms with E-state index in [2.05, 4.69) is 5.32 Å². The largest absolute Gasteiger partial charge is 0.496 e. The highest BCUT2D eigenvalue weighted by atomic mass is 19.1. The van der Waals surface area contributed by atoms with Crippen molar-refractivity contribution in [3.8, 4) is 5.75 Å². The van der Waals surface area contributed by atoms with Crippen LogP contribution in [0, 0.1) is 5.82 Å². The maximum atomic E-state index is 14.0. The molecule has 100 valence electrons. The van der Waals surface area contributed by atoms with Gasteiger partial charge in [0, 0.05) is 6.04 Å². The lowest BCUT2D eigenvalue weighted by molar-refractivity contribution is -0.124. The number of ether oxygens (including phenoxy) is 1. The summed E-state index contributed by atoms with van der Waals surface area (Å²) in [5, 5.41) is 2.99. The smallest absolute Gasteiger partial charge is 0.242 e. The minimum atomic E-state index is -1.31. The number of halogens is 1. The van der Waals surface area contributed by atoms with E-state index in [4.69, 9.17) is 10.5 Å². The number of methoxy groups -OCH3 is 1. The Morgan fingerprint density at radius 2 is 2.11 bits per heavy atom. The van der Waals surface area contributed by atoms with E-state index in [-0.39, 0.29) is 11.6 Å². The molecule has 0 spiro atoms. The molecule has 1 amide bonds. The van der Waals surface area contributed by atoms with Crippen molar-refractivity contribution in [3.05, 3.63) is 29.6 Å². The van der Waals surface area contributed by atoms with Crippen molar-refractivity contribution in [2.75, 3.05) is 7.11 Å². The van der Waals surface area contributed by atoms with Crippen LogP contribution < -0.4 is 15.8 Å². The van der Waals surface area contributed by atoms with Crippen LogP contribution in [0.25, 0.3) is 0 Å². The highest BCUT2D eigenvalue weighted by Crippen LogP contribution is 2.32. The summed E-state index contributed by atoms with van der Waals surface area (Å²) < 4.78 is 19.1. The maximum absolute atomic E-state index is 14.0. The molecule has 5 heteroatoms. The monoisotopic (exact) mass is 254 g/mol. The van der Waals surface area contributed by atoms with Crippen LogP contribution in [0.5, 0.6) is 5.75 Å².